The molecule has 0 aliphatic rings. The van der Waals surface area contributed by atoms with Gasteiger partial charge in [-0.2, -0.15) is 0 Å². The quantitative estimate of drug-likeness (QED) is 0.574. The SMILES string of the molecule is C=CCNCC(C)N(C)Cc1ccc(C)cc1. The average Bonchev–Trinajstić information content (AvgIpc) is 2.32. The predicted molar refractivity (Wildman–Crippen MR) is 75.2 cm³/mol. The van der Waals surface area contributed by atoms with E-state index in [9.17, 15) is 0 Å². The van der Waals surface area contributed by atoms with Crippen LogP contribution in [0.4, 0.5) is 0 Å². The van der Waals surface area contributed by atoms with Crippen LogP contribution in [-0.2, 0) is 6.54 Å². The van der Waals surface area contributed by atoms with Crippen LogP contribution in [0.2, 0.25) is 0 Å². The van der Waals surface area contributed by atoms with Gasteiger partial charge in [-0.15, -0.1) is 6.58 Å². The maximum Gasteiger partial charge on any atom is 0.0234 e. The van der Waals surface area contributed by atoms with Crippen LogP contribution in [0.1, 0.15) is 18.1 Å². The number of hydrogen-bond acceptors (Lipinski definition) is 2. The normalized spacial score (nSPS) is 12.7. The second-order valence-corrected chi connectivity index (χ2v) is 4.70. The Morgan fingerprint density at radius 1 is 1.35 bits per heavy atom. The van der Waals surface area contributed by atoms with Crippen LogP contribution < -0.4 is 5.32 Å². The Kier molecular flexibility index (Phi) is 5.95. The first kappa shape index (κ1) is 13.9. The lowest BCUT2D eigenvalue weighted by Gasteiger charge is -2.25. The maximum atomic E-state index is 3.70. The molecule has 1 aromatic carbocycles. The lowest BCUT2D eigenvalue weighted by molar-refractivity contribution is 0.244. The molecule has 0 aromatic heterocycles. The molecule has 0 radical (unpaired) electrons. The molecule has 0 spiro atoms. The van der Waals surface area contributed by atoms with Gasteiger partial charge in [0.25, 0.3) is 0 Å². The van der Waals surface area contributed by atoms with Crippen molar-refractivity contribution in [1.82, 2.24) is 10.2 Å². The first-order valence-corrected chi connectivity index (χ1v) is 6.21. The lowest BCUT2D eigenvalue weighted by Crippen LogP contribution is -2.37. The summed E-state index contributed by atoms with van der Waals surface area (Å²) in [7, 11) is 2.17. The van der Waals surface area contributed by atoms with Crippen LogP contribution >= 0.6 is 0 Å². The highest BCUT2D eigenvalue weighted by Gasteiger charge is 2.08. The molecular formula is C15H24N2. The van der Waals surface area contributed by atoms with Crippen molar-refractivity contribution in [3.63, 3.8) is 0 Å². The van der Waals surface area contributed by atoms with Crippen molar-refractivity contribution in [2.45, 2.75) is 26.4 Å². The monoisotopic (exact) mass is 232 g/mol. The van der Waals surface area contributed by atoms with E-state index < -0.39 is 0 Å². The number of aryl methyl sites for hydroxylation is 1. The van der Waals surface area contributed by atoms with Gasteiger partial charge in [-0.1, -0.05) is 35.9 Å². The van der Waals surface area contributed by atoms with Crippen molar-refractivity contribution in [3.05, 3.63) is 48.0 Å². The zero-order chi connectivity index (χ0) is 12.7. The van der Waals surface area contributed by atoms with Crippen LogP contribution in [-0.4, -0.2) is 31.1 Å². The molecule has 0 saturated heterocycles. The van der Waals surface area contributed by atoms with E-state index >= 15 is 0 Å². The van der Waals surface area contributed by atoms with Crippen molar-refractivity contribution in [3.8, 4) is 0 Å². The minimum atomic E-state index is 0.524. The van der Waals surface area contributed by atoms with Gasteiger partial charge in [-0.25, -0.2) is 0 Å². The summed E-state index contributed by atoms with van der Waals surface area (Å²) in [5, 5.41) is 3.35. The van der Waals surface area contributed by atoms with Crippen LogP contribution in [0.5, 0.6) is 0 Å². The summed E-state index contributed by atoms with van der Waals surface area (Å²) >= 11 is 0. The van der Waals surface area contributed by atoms with Crippen molar-refractivity contribution in [2.24, 2.45) is 0 Å². The molecule has 0 aliphatic carbocycles. The summed E-state index contributed by atoms with van der Waals surface area (Å²) in [6, 6.07) is 9.27. The van der Waals surface area contributed by atoms with E-state index in [1.165, 1.54) is 11.1 Å². The Labute approximate surface area is 105 Å². The van der Waals surface area contributed by atoms with Crippen molar-refractivity contribution < 1.29 is 0 Å². The molecule has 1 unspecified atom stereocenters. The Balaban J connectivity index is 2.39. The number of hydrogen-bond donors (Lipinski definition) is 1. The highest BCUT2D eigenvalue weighted by Crippen LogP contribution is 2.07. The summed E-state index contributed by atoms with van der Waals surface area (Å²) in [4.78, 5) is 2.36. The minimum Gasteiger partial charge on any atom is -0.312 e. The molecule has 1 aromatic rings. The van der Waals surface area contributed by atoms with E-state index in [1.54, 1.807) is 0 Å². The lowest BCUT2D eigenvalue weighted by atomic mass is 10.1. The van der Waals surface area contributed by atoms with Crippen LogP contribution in [0.25, 0.3) is 0 Å². The van der Waals surface area contributed by atoms with E-state index in [0.717, 1.165) is 19.6 Å². The van der Waals surface area contributed by atoms with Gasteiger partial charge in [0.15, 0.2) is 0 Å². The van der Waals surface area contributed by atoms with Crippen molar-refractivity contribution in [2.75, 3.05) is 20.1 Å². The van der Waals surface area contributed by atoms with Gasteiger partial charge >= 0.3 is 0 Å². The minimum absolute atomic E-state index is 0.524. The highest BCUT2D eigenvalue weighted by atomic mass is 15.1. The summed E-state index contributed by atoms with van der Waals surface area (Å²) in [5.41, 5.74) is 2.69. The molecule has 0 heterocycles. The Morgan fingerprint density at radius 3 is 2.59 bits per heavy atom. The second-order valence-electron chi connectivity index (χ2n) is 4.70. The second kappa shape index (κ2) is 7.25. The van der Waals surface area contributed by atoms with Crippen molar-refractivity contribution in [1.29, 1.82) is 0 Å². The van der Waals surface area contributed by atoms with Crippen LogP contribution in [0, 0.1) is 6.92 Å². The van der Waals surface area contributed by atoms with Crippen LogP contribution in [0.3, 0.4) is 0 Å². The molecule has 94 valence electrons. The molecule has 2 heteroatoms. The zero-order valence-electron chi connectivity index (χ0n) is 11.2. The summed E-state index contributed by atoms with van der Waals surface area (Å²) < 4.78 is 0. The van der Waals surface area contributed by atoms with Gasteiger partial charge in [0.05, 0.1) is 0 Å². The molecule has 0 fully saturated rings. The number of nitrogens with one attached hydrogen (secondary N) is 1. The summed E-state index contributed by atoms with van der Waals surface area (Å²) in [6.07, 6.45) is 1.90. The molecule has 0 saturated carbocycles. The maximum absolute atomic E-state index is 3.70. The van der Waals surface area contributed by atoms with E-state index in [-0.39, 0.29) is 0 Å². The molecular weight excluding hydrogens is 208 g/mol. The molecule has 0 amide bonds. The van der Waals surface area contributed by atoms with Crippen molar-refractivity contribution >= 4 is 0 Å². The third-order valence-corrected chi connectivity index (χ3v) is 3.03. The van der Waals surface area contributed by atoms with Gasteiger partial charge in [0, 0.05) is 25.7 Å². The Bertz CT molecular complexity index is 329. The zero-order valence-corrected chi connectivity index (χ0v) is 11.2. The van der Waals surface area contributed by atoms with E-state index in [1.807, 2.05) is 6.08 Å². The fourth-order valence-electron chi connectivity index (χ4n) is 1.69. The van der Waals surface area contributed by atoms with Crippen LogP contribution in [0.15, 0.2) is 36.9 Å². The van der Waals surface area contributed by atoms with Gasteiger partial charge < -0.3 is 5.32 Å². The number of benzene rings is 1. The molecule has 1 N–H and O–H groups in total. The number of likely N-dealkylation sites (N-methyl/N-ethyl adjacent to an activating group) is 1. The molecule has 0 aliphatic heterocycles. The molecule has 2 nitrogen and oxygen atoms in total. The molecule has 0 bridgehead atoms. The number of rotatable bonds is 7. The van der Waals surface area contributed by atoms with E-state index in [0.29, 0.717) is 6.04 Å². The third-order valence-electron chi connectivity index (χ3n) is 3.03. The molecule has 1 rings (SSSR count). The largest absolute Gasteiger partial charge is 0.312 e. The van der Waals surface area contributed by atoms with Gasteiger partial charge in [0.1, 0.15) is 0 Å². The summed E-state index contributed by atoms with van der Waals surface area (Å²) in [6.45, 7) is 10.9. The van der Waals surface area contributed by atoms with Gasteiger partial charge in [0.2, 0.25) is 0 Å². The highest BCUT2D eigenvalue weighted by molar-refractivity contribution is 5.21. The fraction of sp³-hybridized carbons (Fsp3) is 0.467. The standard InChI is InChI=1S/C15H24N2/c1-5-10-16-11-14(3)17(4)12-15-8-6-13(2)7-9-15/h5-9,14,16H,1,10-12H2,2-4H3. The first-order chi connectivity index (χ1) is 8.13. The smallest absolute Gasteiger partial charge is 0.0234 e. The average molecular weight is 232 g/mol. The van der Waals surface area contributed by atoms with Gasteiger partial charge in [-0.3, -0.25) is 4.90 Å². The summed E-state index contributed by atoms with van der Waals surface area (Å²) in [5.74, 6) is 0. The van der Waals surface area contributed by atoms with E-state index in [4.69, 9.17) is 0 Å². The Morgan fingerprint density at radius 2 is 2.00 bits per heavy atom. The molecule has 17 heavy (non-hydrogen) atoms. The predicted octanol–water partition coefficient (Wildman–Crippen LogP) is 2.59. The van der Waals surface area contributed by atoms with Gasteiger partial charge in [-0.05, 0) is 26.5 Å². The first-order valence-electron chi connectivity index (χ1n) is 6.21. The fourth-order valence-corrected chi connectivity index (χ4v) is 1.69. The third kappa shape index (κ3) is 5.16. The Hall–Kier alpha value is -1.12. The van der Waals surface area contributed by atoms with E-state index in [2.05, 4.69) is 62.0 Å². The number of nitrogens with zero attached hydrogens (tertiary/aromatic N) is 1. The topological polar surface area (TPSA) is 15.3 Å². The molecule has 1 atom stereocenters.